The van der Waals surface area contributed by atoms with Gasteiger partial charge in [-0.3, -0.25) is 14.6 Å². The Labute approximate surface area is 331 Å². The van der Waals surface area contributed by atoms with Crippen molar-refractivity contribution >= 4 is 79.9 Å². The molecule has 280 valence electrons. The number of rotatable bonds is 15. The lowest BCUT2D eigenvalue weighted by Gasteiger charge is -2.12. The summed E-state index contributed by atoms with van der Waals surface area (Å²) < 4.78 is 2.70. The molecule has 2 aliphatic rings. The first kappa shape index (κ1) is 36.2. The molecule has 4 aromatic heterocycles. The van der Waals surface area contributed by atoms with E-state index in [1.54, 1.807) is 30.5 Å². The van der Waals surface area contributed by atoms with Crippen molar-refractivity contribution in [2.75, 3.05) is 27.8 Å². The molecule has 2 aromatic carbocycles. The Kier molecular flexibility index (Phi) is 10.2. The average molecular weight is 821 g/mol. The molecule has 0 amide bonds. The maximum atomic E-state index is 12.7. The van der Waals surface area contributed by atoms with E-state index in [2.05, 4.69) is 93.5 Å². The number of anilines is 7. The Balaban J connectivity index is 0.940. The van der Waals surface area contributed by atoms with Crippen LogP contribution in [-0.4, -0.2) is 52.2 Å². The van der Waals surface area contributed by atoms with Crippen LogP contribution in [0.3, 0.4) is 0 Å². The van der Waals surface area contributed by atoms with E-state index in [9.17, 15) is 4.79 Å². The number of hydrogen-bond donors (Lipinski definition) is 6. The lowest BCUT2D eigenvalue weighted by molar-refractivity contribution is -0.113. The Morgan fingerprint density at radius 3 is 2.51 bits per heavy atom. The molecule has 16 heteroatoms. The van der Waals surface area contributed by atoms with Gasteiger partial charge in [-0.25, -0.2) is 9.97 Å². The molecule has 0 saturated heterocycles. The summed E-state index contributed by atoms with van der Waals surface area (Å²) in [6.07, 6.45) is 7.64. The number of nitrogens with zero attached hydrogens (tertiary/aromatic N) is 7. The minimum atomic E-state index is -0.226. The molecule has 2 aliphatic carbocycles. The Morgan fingerprint density at radius 2 is 1.73 bits per heavy atom. The van der Waals surface area contributed by atoms with E-state index in [0.29, 0.717) is 62.5 Å². The Bertz CT molecular complexity index is 2400. The highest BCUT2D eigenvalue weighted by molar-refractivity contribution is 9.10. The van der Waals surface area contributed by atoms with E-state index >= 15 is 0 Å². The number of halogens is 2. The number of aromatic amines is 1. The summed E-state index contributed by atoms with van der Waals surface area (Å²) >= 11 is 9.51. The summed E-state index contributed by atoms with van der Waals surface area (Å²) in [4.78, 5) is 30.9. The number of hydrogen-bond acceptors (Lipinski definition) is 12. The molecule has 2 saturated carbocycles. The van der Waals surface area contributed by atoms with Gasteiger partial charge in [-0.2, -0.15) is 20.2 Å². The molecule has 8 rings (SSSR count). The van der Waals surface area contributed by atoms with Crippen LogP contribution < -0.4 is 27.0 Å². The van der Waals surface area contributed by atoms with Gasteiger partial charge >= 0.3 is 0 Å². The normalized spacial score (nSPS) is 14.1. The molecular formula is C39H39BrClN13O. The second-order valence-corrected chi connectivity index (χ2v) is 15.3. The van der Waals surface area contributed by atoms with Gasteiger partial charge in [-0.15, -0.1) is 0 Å². The van der Waals surface area contributed by atoms with Crippen molar-refractivity contribution < 1.29 is 4.79 Å². The fraction of sp³-hybridized carbons (Fsp3) is 0.256. The zero-order valence-electron chi connectivity index (χ0n) is 30.2. The average Bonchev–Trinajstić information content (AvgIpc) is 4.08. The molecular weight excluding hydrogens is 782 g/mol. The van der Waals surface area contributed by atoms with Gasteiger partial charge in [0.1, 0.15) is 5.82 Å². The smallest absolute Gasteiger partial charge is 0.229 e. The lowest BCUT2D eigenvalue weighted by Crippen LogP contribution is -2.15. The Morgan fingerprint density at radius 1 is 0.927 bits per heavy atom. The van der Waals surface area contributed by atoms with Gasteiger partial charge in [0.25, 0.3) is 0 Å². The molecule has 0 spiro atoms. The fourth-order valence-corrected chi connectivity index (χ4v) is 6.67. The van der Waals surface area contributed by atoms with Crippen molar-refractivity contribution in [1.82, 2.24) is 39.9 Å². The van der Waals surface area contributed by atoms with E-state index in [-0.39, 0.29) is 18.3 Å². The number of benzene rings is 2. The van der Waals surface area contributed by atoms with Gasteiger partial charge in [0.2, 0.25) is 11.9 Å². The number of aryl methyl sites for hydroxylation is 2. The van der Waals surface area contributed by atoms with Crippen LogP contribution in [0.5, 0.6) is 0 Å². The summed E-state index contributed by atoms with van der Waals surface area (Å²) in [5.41, 5.74) is 13.4. The lowest BCUT2D eigenvalue weighted by atomic mass is 10.1. The fourth-order valence-electron chi connectivity index (χ4n) is 6.26. The van der Waals surface area contributed by atoms with Crippen LogP contribution in [0.25, 0.3) is 5.70 Å². The van der Waals surface area contributed by atoms with Crippen LogP contribution >= 0.6 is 27.5 Å². The van der Waals surface area contributed by atoms with Crippen molar-refractivity contribution in [3.63, 3.8) is 0 Å². The zero-order valence-corrected chi connectivity index (χ0v) is 32.5. The minimum absolute atomic E-state index is 0.0383. The second kappa shape index (κ2) is 15.5. The summed E-state index contributed by atoms with van der Waals surface area (Å²) in [5, 5.41) is 26.1. The van der Waals surface area contributed by atoms with E-state index in [4.69, 9.17) is 27.4 Å². The van der Waals surface area contributed by atoms with Crippen molar-refractivity contribution in [3.8, 4) is 0 Å². The van der Waals surface area contributed by atoms with Crippen molar-refractivity contribution in [1.29, 1.82) is 0 Å². The predicted molar refractivity (Wildman–Crippen MR) is 219 cm³/mol. The number of nitrogens with one attached hydrogen (secondary N) is 5. The standard InChI is InChI=1S/C39H39BrClN13O/c1-21-11-23(14-28(12-21)46-39-45-22(2)13-34(49-39)47-35-16-32(51-52-35)25-3-4-25)20-54-33(26-5-6-26)17-36(53-54)48-37-30(40)19-44-38(50-37)43-18-29(55)15-31(42)24-7-9-27(41)10-8-24/h7-17,19,25-26H,3-6,18,20,42H2,1-2H3,(H2,43,44,48,50,53)(H3,45,46,47,49,51,52). The molecule has 0 atom stereocenters. The first-order valence-electron chi connectivity index (χ1n) is 18.0. The number of H-pyrrole nitrogens is 1. The number of nitrogens with two attached hydrogens (primary N) is 1. The van der Waals surface area contributed by atoms with Gasteiger partial charge in [-0.1, -0.05) is 29.8 Å². The Hall–Kier alpha value is -5.80. The summed E-state index contributed by atoms with van der Waals surface area (Å²) in [7, 11) is 0. The topological polar surface area (TPSA) is 189 Å². The summed E-state index contributed by atoms with van der Waals surface area (Å²) in [6, 6.07) is 19.3. The van der Waals surface area contributed by atoms with Crippen molar-refractivity contribution in [2.24, 2.45) is 5.73 Å². The molecule has 0 radical (unpaired) electrons. The zero-order chi connectivity index (χ0) is 38.1. The van der Waals surface area contributed by atoms with Gasteiger partial charge in [-0.05, 0) is 96.4 Å². The van der Waals surface area contributed by atoms with Crippen LogP contribution in [0.4, 0.5) is 40.9 Å². The molecule has 0 aliphatic heterocycles. The number of ketones is 1. The molecule has 0 bridgehead atoms. The number of aromatic nitrogens is 8. The van der Waals surface area contributed by atoms with E-state index in [0.717, 1.165) is 52.6 Å². The van der Waals surface area contributed by atoms with E-state index < -0.39 is 0 Å². The third-order valence-corrected chi connectivity index (χ3v) is 10.00. The maximum absolute atomic E-state index is 12.7. The van der Waals surface area contributed by atoms with E-state index in [1.807, 2.05) is 23.7 Å². The number of carbonyl (C=O) groups is 1. The molecule has 2 fully saturated rings. The SMILES string of the molecule is Cc1cc(Cn2nc(Nc3nc(NCC(=O)C=C(N)c4ccc(Cl)cc4)ncc3Br)cc2C2CC2)cc(Nc2nc(C)cc(Nc3cc(C4CC4)[nH]n3)n2)c1. The molecule has 4 heterocycles. The van der Waals surface area contributed by atoms with Crippen LogP contribution in [0.15, 0.2) is 77.4 Å². The highest BCUT2D eigenvalue weighted by Crippen LogP contribution is 2.42. The first-order chi connectivity index (χ1) is 26.6. The van der Waals surface area contributed by atoms with Crippen LogP contribution in [0, 0.1) is 13.8 Å². The summed E-state index contributed by atoms with van der Waals surface area (Å²) in [6.45, 7) is 4.55. The van der Waals surface area contributed by atoms with Crippen LogP contribution in [0.2, 0.25) is 5.02 Å². The highest BCUT2D eigenvalue weighted by atomic mass is 79.9. The van der Waals surface area contributed by atoms with Gasteiger partial charge in [0.15, 0.2) is 23.2 Å². The van der Waals surface area contributed by atoms with Crippen molar-refractivity contribution in [2.45, 2.75) is 57.9 Å². The molecule has 0 unspecified atom stereocenters. The molecule has 55 heavy (non-hydrogen) atoms. The van der Waals surface area contributed by atoms with Crippen LogP contribution in [0.1, 0.15) is 71.3 Å². The van der Waals surface area contributed by atoms with Crippen molar-refractivity contribution in [3.05, 3.63) is 116 Å². The van der Waals surface area contributed by atoms with Gasteiger partial charge in [0, 0.05) is 75.8 Å². The molecule has 14 nitrogen and oxygen atoms in total. The van der Waals surface area contributed by atoms with Gasteiger partial charge < -0.3 is 27.0 Å². The van der Waals surface area contributed by atoms with Gasteiger partial charge in [0.05, 0.1) is 17.6 Å². The highest BCUT2D eigenvalue weighted by Gasteiger charge is 2.29. The molecule has 7 N–H and O–H groups in total. The quantitative estimate of drug-likeness (QED) is 0.0546. The monoisotopic (exact) mass is 819 g/mol. The second-order valence-electron chi connectivity index (χ2n) is 14.0. The largest absolute Gasteiger partial charge is 0.398 e. The third-order valence-electron chi connectivity index (χ3n) is 9.16. The van der Waals surface area contributed by atoms with Crippen LogP contribution in [-0.2, 0) is 11.3 Å². The predicted octanol–water partition coefficient (Wildman–Crippen LogP) is 8.23. The minimum Gasteiger partial charge on any atom is -0.398 e. The number of carbonyl (C=O) groups excluding carboxylic acids is 1. The maximum Gasteiger partial charge on any atom is 0.229 e. The third kappa shape index (κ3) is 9.30. The first-order valence-corrected chi connectivity index (χ1v) is 19.2. The van der Waals surface area contributed by atoms with E-state index in [1.165, 1.54) is 18.9 Å². The summed E-state index contributed by atoms with van der Waals surface area (Å²) in [5.74, 6) is 4.16. The molecule has 6 aromatic rings.